The van der Waals surface area contributed by atoms with Gasteiger partial charge in [0.2, 0.25) is 0 Å². The lowest BCUT2D eigenvalue weighted by Crippen LogP contribution is -2.33. The van der Waals surface area contributed by atoms with Gasteiger partial charge in [0.1, 0.15) is 5.82 Å². The first-order valence-electron chi connectivity index (χ1n) is 5.59. The number of halogens is 1. The van der Waals surface area contributed by atoms with Crippen LogP contribution in [0.1, 0.15) is 31.9 Å². The van der Waals surface area contributed by atoms with E-state index in [0.29, 0.717) is 0 Å². The van der Waals surface area contributed by atoms with Crippen molar-refractivity contribution < 1.29 is 9.13 Å². The number of hydrogen-bond donors (Lipinski definition) is 1. The van der Waals surface area contributed by atoms with Gasteiger partial charge in [0.25, 0.3) is 0 Å². The fourth-order valence-electron chi connectivity index (χ4n) is 1.82. The van der Waals surface area contributed by atoms with Gasteiger partial charge >= 0.3 is 0 Å². The van der Waals surface area contributed by atoms with Crippen molar-refractivity contribution in [2.75, 3.05) is 13.7 Å². The molecular formula is C12H19FN2O. The van der Waals surface area contributed by atoms with Crippen LogP contribution in [-0.2, 0) is 4.74 Å². The summed E-state index contributed by atoms with van der Waals surface area (Å²) in [6, 6.07) is 1.49. The molecule has 2 atom stereocenters. The Labute approximate surface area is 96.0 Å². The van der Waals surface area contributed by atoms with Crippen LogP contribution >= 0.6 is 0 Å². The molecule has 1 N–H and O–H groups in total. The minimum absolute atomic E-state index is 0.0109. The first kappa shape index (κ1) is 13.1. The monoisotopic (exact) mass is 226 g/mol. The van der Waals surface area contributed by atoms with E-state index < -0.39 is 0 Å². The van der Waals surface area contributed by atoms with Crippen LogP contribution in [0.25, 0.3) is 0 Å². The van der Waals surface area contributed by atoms with E-state index in [2.05, 4.69) is 10.3 Å². The maximum atomic E-state index is 13.1. The van der Waals surface area contributed by atoms with Crippen LogP contribution in [0.5, 0.6) is 0 Å². The zero-order valence-electron chi connectivity index (χ0n) is 10.0. The van der Waals surface area contributed by atoms with Gasteiger partial charge in [-0.25, -0.2) is 4.39 Å². The average Bonchev–Trinajstić information content (AvgIpc) is 2.29. The van der Waals surface area contributed by atoms with Gasteiger partial charge in [-0.15, -0.1) is 0 Å². The predicted octanol–water partition coefficient (Wildman–Crippen LogP) is 2.30. The van der Waals surface area contributed by atoms with E-state index in [4.69, 9.17) is 4.74 Å². The molecule has 16 heavy (non-hydrogen) atoms. The summed E-state index contributed by atoms with van der Waals surface area (Å²) < 4.78 is 18.5. The molecule has 90 valence electrons. The van der Waals surface area contributed by atoms with Crippen LogP contribution in [0.2, 0.25) is 0 Å². The molecule has 0 aliphatic rings. The summed E-state index contributed by atoms with van der Waals surface area (Å²) in [5.74, 6) is -0.314. The zero-order chi connectivity index (χ0) is 12.0. The Hall–Kier alpha value is -1.00. The van der Waals surface area contributed by atoms with Crippen molar-refractivity contribution in [2.24, 2.45) is 0 Å². The van der Waals surface area contributed by atoms with Gasteiger partial charge in [0.15, 0.2) is 0 Å². The van der Waals surface area contributed by atoms with Crippen molar-refractivity contribution in [3.8, 4) is 0 Å². The van der Waals surface area contributed by atoms with E-state index >= 15 is 0 Å². The topological polar surface area (TPSA) is 34.2 Å². The summed E-state index contributed by atoms with van der Waals surface area (Å²) in [5.41, 5.74) is 0.829. The van der Waals surface area contributed by atoms with Crippen LogP contribution in [0, 0.1) is 5.82 Å². The maximum absolute atomic E-state index is 13.1. The summed E-state index contributed by atoms with van der Waals surface area (Å²) in [5, 5.41) is 3.30. The molecule has 0 radical (unpaired) electrons. The second-order valence-corrected chi connectivity index (χ2v) is 3.65. The first-order valence-corrected chi connectivity index (χ1v) is 5.59. The molecule has 0 amide bonds. The van der Waals surface area contributed by atoms with Crippen molar-refractivity contribution in [2.45, 2.75) is 32.4 Å². The van der Waals surface area contributed by atoms with Crippen molar-refractivity contribution >= 4 is 0 Å². The molecule has 0 fully saturated rings. The summed E-state index contributed by atoms with van der Waals surface area (Å²) >= 11 is 0. The molecule has 0 aliphatic heterocycles. The van der Waals surface area contributed by atoms with Crippen molar-refractivity contribution in [1.82, 2.24) is 10.3 Å². The smallest absolute Gasteiger partial charge is 0.141 e. The maximum Gasteiger partial charge on any atom is 0.141 e. The molecule has 3 nitrogen and oxygen atoms in total. The molecule has 4 heteroatoms. The largest absolute Gasteiger partial charge is 0.379 e. The third-order valence-electron chi connectivity index (χ3n) is 2.59. The number of likely N-dealkylation sites (N-methyl/N-ethyl adjacent to an activating group) is 1. The van der Waals surface area contributed by atoms with Gasteiger partial charge < -0.3 is 10.1 Å². The molecule has 0 spiro atoms. The molecule has 1 aromatic heterocycles. The number of hydrogen-bond acceptors (Lipinski definition) is 3. The highest BCUT2D eigenvalue weighted by atomic mass is 19.1. The molecule has 1 aromatic rings. The van der Waals surface area contributed by atoms with E-state index in [1.54, 1.807) is 13.3 Å². The first-order chi connectivity index (χ1) is 7.72. The Kier molecular flexibility index (Phi) is 5.35. The molecule has 0 saturated heterocycles. The van der Waals surface area contributed by atoms with Gasteiger partial charge in [-0.3, -0.25) is 4.98 Å². The normalized spacial score (nSPS) is 14.8. The van der Waals surface area contributed by atoms with Gasteiger partial charge in [0, 0.05) is 13.3 Å². The molecule has 1 rings (SSSR count). The molecule has 1 heterocycles. The van der Waals surface area contributed by atoms with Gasteiger partial charge in [0.05, 0.1) is 18.3 Å². The van der Waals surface area contributed by atoms with Crippen LogP contribution < -0.4 is 5.32 Å². The highest BCUT2D eigenvalue weighted by molar-refractivity contribution is 5.16. The fourth-order valence-corrected chi connectivity index (χ4v) is 1.82. The number of methoxy groups -OCH3 is 1. The SMILES string of the molecule is CCNC(c1cncc(F)c1)C(CC)OC. The van der Waals surface area contributed by atoms with Crippen LogP contribution in [-0.4, -0.2) is 24.7 Å². The summed E-state index contributed by atoms with van der Waals surface area (Å²) in [4.78, 5) is 3.87. The number of aromatic nitrogens is 1. The van der Waals surface area contributed by atoms with Crippen molar-refractivity contribution in [3.05, 3.63) is 29.8 Å². The van der Waals surface area contributed by atoms with Gasteiger partial charge in [-0.2, -0.15) is 0 Å². The minimum atomic E-state index is -0.314. The zero-order valence-corrected chi connectivity index (χ0v) is 10.0. The lowest BCUT2D eigenvalue weighted by Gasteiger charge is -2.26. The summed E-state index contributed by atoms with van der Waals surface area (Å²) in [6.45, 7) is 4.87. The molecule has 0 bridgehead atoms. The third-order valence-corrected chi connectivity index (χ3v) is 2.59. The summed E-state index contributed by atoms with van der Waals surface area (Å²) in [6.07, 6.45) is 3.78. The Morgan fingerprint density at radius 2 is 2.19 bits per heavy atom. The number of pyridine rings is 1. The molecule has 2 unspecified atom stereocenters. The highest BCUT2D eigenvalue weighted by Crippen LogP contribution is 2.21. The number of ether oxygens (including phenoxy) is 1. The van der Waals surface area contributed by atoms with Crippen LogP contribution in [0.3, 0.4) is 0 Å². The highest BCUT2D eigenvalue weighted by Gasteiger charge is 2.21. The van der Waals surface area contributed by atoms with Crippen molar-refractivity contribution in [3.63, 3.8) is 0 Å². The van der Waals surface area contributed by atoms with Gasteiger partial charge in [-0.1, -0.05) is 13.8 Å². The Morgan fingerprint density at radius 1 is 1.44 bits per heavy atom. The van der Waals surface area contributed by atoms with Crippen molar-refractivity contribution in [1.29, 1.82) is 0 Å². The van der Waals surface area contributed by atoms with E-state index in [1.165, 1.54) is 12.3 Å². The molecule has 0 aliphatic carbocycles. The van der Waals surface area contributed by atoms with Crippen LogP contribution in [0.4, 0.5) is 4.39 Å². The number of nitrogens with zero attached hydrogens (tertiary/aromatic N) is 1. The van der Waals surface area contributed by atoms with E-state index in [1.807, 2.05) is 13.8 Å². The van der Waals surface area contributed by atoms with E-state index in [9.17, 15) is 4.39 Å². The third kappa shape index (κ3) is 3.25. The number of rotatable bonds is 6. The molecular weight excluding hydrogens is 207 g/mol. The Morgan fingerprint density at radius 3 is 2.69 bits per heavy atom. The van der Waals surface area contributed by atoms with Crippen LogP contribution in [0.15, 0.2) is 18.5 Å². The summed E-state index contributed by atoms with van der Waals surface area (Å²) in [7, 11) is 1.67. The predicted molar refractivity (Wildman–Crippen MR) is 61.7 cm³/mol. The Bertz CT molecular complexity index is 316. The molecule has 0 saturated carbocycles. The van der Waals surface area contributed by atoms with E-state index in [-0.39, 0.29) is 18.0 Å². The molecule has 0 aromatic carbocycles. The minimum Gasteiger partial charge on any atom is -0.379 e. The fraction of sp³-hybridized carbons (Fsp3) is 0.583. The average molecular weight is 226 g/mol. The van der Waals surface area contributed by atoms with E-state index in [0.717, 1.165) is 18.5 Å². The quantitative estimate of drug-likeness (QED) is 0.808. The lowest BCUT2D eigenvalue weighted by atomic mass is 10.0. The van der Waals surface area contributed by atoms with Gasteiger partial charge in [-0.05, 0) is 24.6 Å². The lowest BCUT2D eigenvalue weighted by molar-refractivity contribution is 0.0654. The second-order valence-electron chi connectivity index (χ2n) is 3.65. The standard InChI is InChI=1S/C12H19FN2O/c1-4-11(16-3)12(15-5-2)9-6-10(13)8-14-7-9/h6-8,11-12,15H,4-5H2,1-3H3. The number of nitrogens with one attached hydrogen (secondary N) is 1. The Balaban J connectivity index is 2.91. The second kappa shape index (κ2) is 6.55.